The Hall–Kier alpha value is -0.460. The lowest BCUT2D eigenvalue weighted by Crippen LogP contribution is -1.91. The van der Waals surface area contributed by atoms with Crippen molar-refractivity contribution in [2.24, 2.45) is 0 Å². The average Bonchev–Trinajstić information content (AvgIpc) is 2.25. The van der Waals surface area contributed by atoms with Gasteiger partial charge in [0.15, 0.2) is 0 Å². The van der Waals surface area contributed by atoms with Crippen LogP contribution in [-0.2, 0) is 0 Å². The summed E-state index contributed by atoms with van der Waals surface area (Å²) in [6.45, 7) is 0. The summed E-state index contributed by atoms with van der Waals surface area (Å²) in [6, 6.07) is 11.0. The molecule has 5 heteroatoms. The van der Waals surface area contributed by atoms with Crippen LogP contribution >= 0.6 is 50.1 Å². The maximum atomic E-state index is 6.08. The molecule has 0 saturated heterocycles. The molecule has 2 aromatic rings. The number of anilines is 1. The van der Waals surface area contributed by atoms with Gasteiger partial charge in [-0.05, 0) is 59.0 Å². The van der Waals surface area contributed by atoms with Crippen molar-refractivity contribution in [1.82, 2.24) is 0 Å². The van der Waals surface area contributed by atoms with Gasteiger partial charge in [0, 0.05) is 10.2 Å². The molecule has 0 fully saturated rings. The molecule has 0 saturated carbocycles. The highest BCUT2D eigenvalue weighted by Crippen LogP contribution is 2.34. The van der Waals surface area contributed by atoms with Crippen LogP contribution in [0.2, 0.25) is 5.02 Å². The van der Waals surface area contributed by atoms with Crippen molar-refractivity contribution in [2.75, 3.05) is 5.73 Å². The van der Waals surface area contributed by atoms with E-state index in [0.717, 1.165) is 13.8 Å². The Bertz CT molecular complexity index is 513. The zero-order valence-electron chi connectivity index (χ0n) is 8.58. The molecule has 0 amide bonds. The van der Waals surface area contributed by atoms with Gasteiger partial charge in [0.2, 0.25) is 0 Å². The van der Waals surface area contributed by atoms with Gasteiger partial charge in [-0.1, -0.05) is 27.5 Å². The quantitative estimate of drug-likeness (QED) is 0.539. The fourth-order valence-electron chi connectivity index (χ4n) is 1.28. The van der Waals surface area contributed by atoms with Crippen LogP contribution in [0.3, 0.4) is 0 Å². The number of halogens is 3. The van der Waals surface area contributed by atoms with Gasteiger partial charge in [-0.15, -0.1) is 0 Å². The van der Waals surface area contributed by atoms with Crippen LogP contribution in [0.25, 0.3) is 0 Å². The van der Waals surface area contributed by atoms with Gasteiger partial charge in [0.25, 0.3) is 0 Å². The number of nitrogen functional groups attached to an aromatic ring is 1. The standard InChI is InChI=1S/C12H8BrClINO/c13-7-1-3-11(9(14)5-7)17-12-4-2-8(16)6-10(12)15/h1-6H,16H2. The molecule has 2 nitrogen and oxygen atoms in total. The monoisotopic (exact) mass is 423 g/mol. The Morgan fingerprint density at radius 3 is 2.47 bits per heavy atom. The van der Waals surface area contributed by atoms with Crippen LogP contribution in [0.15, 0.2) is 40.9 Å². The van der Waals surface area contributed by atoms with Crippen molar-refractivity contribution in [3.05, 3.63) is 49.5 Å². The van der Waals surface area contributed by atoms with Crippen LogP contribution < -0.4 is 10.5 Å². The molecule has 0 aromatic heterocycles. The maximum Gasteiger partial charge on any atom is 0.146 e. The van der Waals surface area contributed by atoms with E-state index < -0.39 is 0 Å². The van der Waals surface area contributed by atoms with Crippen molar-refractivity contribution in [2.45, 2.75) is 0 Å². The molecule has 0 aliphatic rings. The third-order valence-corrected chi connectivity index (χ3v) is 3.70. The van der Waals surface area contributed by atoms with Crippen molar-refractivity contribution in [1.29, 1.82) is 0 Å². The van der Waals surface area contributed by atoms with Crippen LogP contribution in [0.4, 0.5) is 5.69 Å². The Morgan fingerprint density at radius 1 is 1.12 bits per heavy atom. The predicted molar refractivity (Wildman–Crippen MR) is 82.8 cm³/mol. The second-order valence-electron chi connectivity index (χ2n) is 3.37. The summed E-state index contributed by atoms with van der Waals surface area (Å²) in [4.78, 5) is 0. The molecular formula is C12H8BrClINO. The topological polar surface area (TPSA) is 35.2 Å². The van der Waals surface area contributed by atoms with Crippen molar-refractivity contribution in [3.8, 4) is 11.5 Å². The van der Waals surface area contributed by atoms with Gasteiger partial charge < -0.3 is 10.5 Å². The molecule has 88 valence electrons. The van der Waals surface area contributed by atoms with Crippen molar-refractivity contribution < 1.29 is 4.74 Å². The van der Waals surface area contributed by atoms with Crippen LogP contribution in [-0.4, -0.2) is 0 Å². The number of rotatable bonds is 2. The van der Waals surface area contributed by atoms with E-state index in [1.807, 2.05) is 24.3 Å². The molecule has 0 atom stereocenters. The van der Waals surface area contributed by atoms with Crippen molar-refractivity contribution >= 4 is 55.8 Å². The second-order valence-corrected chi connectivity index (χ2v) is 5.85. The number of hydrogen-bond acceptors (Lipinski definition) is 2. The summed E-state index contributed by atoms with van der Waals surface area (Å²) in [5.41, 5.74) is 6.39. The number of nitrogens with two attached hydrogens (primary N) is 1. The first-order valence-electron chi connectivity index (χ1n) is 4.74. The summed E-state index contributed by atoms with van der Waals surface area (Å²) in [6.07, 6.45) is 0. The zero-order chi connectivity index (χ0) is 12.4. The lowest BCUT2D eigenvalue weighted by Gasteiger charge is -2.09. The molecule has 0 heterocycles. The fraction of sp³-hybridized carbons (Fsp3) is 0. The Kier molecular flexibility index (Phi) is 4.17. The molecule has 2 rings (SSSR count). The minimum atomic E-state index is 0.562. The molecule has 0 radical (unpaired) electrons. The minimum absolute atomic E-state index is 0.562. The van der Waals surface area contributed by atoms with Crippen LogP contribution in [0, 0.1) is 3.57 Å². The van der Waals surface area contributed by atoms with E-state index in [1.165, 1.54) is 0 Å². The lowest BCUT2D eigenvalue weighted by molar-refractivity contribution is 0.479. The summed E-state index contributed by atoms with van der Waals surface area (Å²) in [7, 11) is 0. The summed E-state index contributed by atoms with van der Waals surface area (Å²) < 4.78 is 7.60. The number of hydrogen-bond donors (Lipinski definition) is 1. The second kappa shape index (κ2) is 5.46. The minimum Gasteiger partial charge on any atom is -0.455 e. The van der Waals surface area contributed by atoms with E-state index in [2.05, 4.69) is 38.5 Å². The average molecular weight is 424 g/mol. The highest BCUT2D eigenvalue weighted by molar-refractivity contribution is 14.1. The van der Waals surface area contributed by atoms with Crippen molar-refractivity contribution in [3.63, 3.8) is 0 Å². The van der Waals surface area contributed by atoms with Gasteiger partial charge in [-0.3, -0.25) is 0 Å². The van der Waals surface area contributed by atoms with Gasteiger partial charge in [0.1, 0.15) is 11.5 Å². The third kappa shape index (κ3) is 3.26. The van der Waals surface area contributed by atoms with E-state index >= 15 is 0 Å². The SMILES string of the molecule is Nc1ccc(Oc2ccc(Br)cc2Cl)c(I)c1. The van der Waals surface area contributed by atoms with Gasteiger partial charge in [-0.25, -0.2) is 0 Å². The van der Waals surface area contributed by atoms with E-state index in [4.69, 9.17) is 22.1 Å². The molecule has 0 unspecified atom stereocenters. The van der Waals surface area contributed by atoms with E-state index in [0.29, 0.717) is 16.5 Å². The van der Waals surface area contributed by atoms with E-state index in [1.54, 1.807) is 12.1 Å². The molecule has 2 aromatic carbocycles. The molecule has 0 aliphatic heterocycles. The smallest absolute Gasteiger partial charge is 0.146 e. The van der Waals surface area contributed by atoms with Crippen LogP contribution in [0.1, 0.15) is 0 Å². The summed E-state index contributed by atoms with van der Waals surface area (Å²) in [5.74, 6) is 1.36. The molecule has 0 aliphatic carbocycles. The Morgan fingerprint density at radius 2 is 1.82 bits per heavy atom. The summed E-state index contributed by atoms with van der Waals surface area (Å²) in [5, 5.41) is 0.562. The van der Waals surface area contributed by atoms with Crippen LogP contribution in [0.5, 0.6) is 11.5 Å². The molecule has 2 N–H and O–H groups in total. The molecular weight excluding hydrogens is 416 g/mol. The first kappa shape index (κ1) is 13.0. The third-order valence-electron chi connectivity index (χ3n) is 2.07. The van der Waals surface area contributed by atoms with E-state index in [9.17, 15) is 0 Å². The highest BCUT2D eigenvalue weighted by Gasteiger charge is 2.06. The lowest BCUT2D eigenvalue weighted by atomic mass is 10.3. The fourth-order valence-corrected chi connectivity index (χ4v) is 2.64. The van der Waals surface area contributed by atoms with Gasteiger partial charge in [-0.2, -0.15) is 0 Å². The van der Waals surface area contributed by atoms with Gasteiger partial charge in [0.05, 0.1) is 8.59 Å². The highest BCUT2D eigenvalue weighted by atomic mass is 127. The van der Waals surface area contributed by atoms with Gasteiger partial charge >= 0.3 is 0 Å². The molecule has 0 spiro atoms. The van der Waals surface area contributed by atoms with E-state index in [-0.39, 0.29) is 0 Å². The first-order chi connectivity index (χ1) is 8.06. The Labute approximate surface area is 126 Å². The zero-order valence-corrected chi connectivity index (χ0v) is 13.1. The number of benzene rings is 2. The molecule has 0 bridgehead atoms. The predicted octanol–water partition coefficient (Wildman–Crippen LogP) is 5.08. The summed E-state index contributed by atoms with van der Waals surface area (Å²) >= 11 is 11.6. The number of ether oxygens (including phenoxy) is 1. The first-order valence-corrected chi connectivity index (χ1v) is 6.99. The maximum absolute atomic E-state index is 6.08. The Balaban J connectivity index is 2.31. The largest absolute Gasteiger partial charge is 0.455 e. The molecule has 17 heavy (non-hydrogen) atoms. The normalized spacial score (nSPS) is 10.3.